The number of aromatic nitrogens is 4. The molecule has 6 rings (SSSR count). The standard InChI is InChI=1S/C35H46N8O5Si/c1-49(2,3)18-17-48-24-43-31(20-30-32(38-23-39-33(30)43)41-13-15-47-16-14-41)25-6-8-27(9-7-25)37-21-29-19-26(10-11-36-29)34(44)42-12-4-5-28(22-42)40-35(45)46/h6-11,19-20,23,28,37,40H,4-5,12-18,21-22,24H2,1-3H3,(H,45,46). The van der Waals surface area contributed by atoms with Gasteiger partial charge in [0, 0.05) is 64.3 Å². The molecule has 2 aliphatic rings. The number of carboxylic acid groups (broad SMARTS) is 1. The molecule has 5 heterocycles. The van der Waals surface area contributed by atoms with Crippen molar-refractivity contribution in [3.05, 3.63) is 66.2 Å². The summed E-state index contributed by atoms with van der Waals surface area (Å²) in [5.74, 6) is 0.796. The zero-order chi connectivity index (χ0) is 34.4. The molecule has 260 valence electrons. The minimum absolute atomic E-state index is 0.119. The zero-order valence-electron chi connectivity index (χ0n) is 28.5. The molecule has 4 aromatic rings. The number of benzene rings is 1. The highest BCUT2D eigenvalue weighted by Gasteiger charge is 2.26. The van der Waals surface area contributed by atoms with Crippen LogP contribution in [-0.2, 0) is 22.7 Å². The molecule has 13 nitrogen and oxygen atoms in total. The van der Waals surface area contributed by atoms with Crippen molar-refractivity contribution in [2.24, 2.45) is 0 Å². The molecule has 0 bridgehead atoms. The second-order valence-electron chi connectivity index (χ2n) is 13.8. The highest BCUT2D eigenvalue weighted by molar-refractivity contribution is 6.76. The zero-order valence-corrected chi connectivity index (χ0v) is 29.5. The average molecular weight is 687 g/mol. The fourth-order valence-electron chi connectivity index (χ4n) is 6.28. The van der Waals surface area contributed by atoms with E-state index in [0.717, 1.165) is 71.5 Å². The van der Waals surface area contributed by atoms with Crippen LogP contribution in [0.25, 0.3) is 22.3 Å². The summed E-state index contributed by atoms with van der Waals surface area (Å²) < 4.78 is 14.0. The maximum atomic E-state index is 13.2. The van der Waals surface area contributed by atoms with Gasteiger partial charge in [-0.3, -0.25) is 9.78 Å². The van der Waals surface area contributed by atoms with Gasteiger partial charge in [-0.25, -0.2) is 14.8 Å². The van der Waals surface area contributed by atoms with Gasteiger partial charge in [-0.15, -0.1) is 0 Å². The monoisotopic (exact) mass is 686 g/mol. The highest BCUT2D eigenvalue weighted by Crippen LogP contribution is 2.33. The lowest BCUT2D eigenvalue weighted by molar-refractivity contribution is 0.0692. The Balaban J connectivity index is 1.16. The number of nitrogens with zero attached hydrogens (tertiary/aromatic N) is 6. The second-order valence-corrected chi connectivity index (χ2v) is 19.5. The molecular formula is C35H46N8O5Si. The van der Waals surface area contributed by atoms with E-state index in [1.807, 2.05) is 12.1 Å². The molecular weight excluding hydrogens is 641 g/mol. The Bertz CT molecular complexity index is 1750. The van der Waals surface area contributed by atoms with Crippen molar-refractivity contribution in [1.29, 1.82) is 0 Å². The summed E-state index contributed by atoms with van der Waals surface area (Å²) in [4.78, 5) is 42.2. The van der Waals surface area contributed by atoms with Gasteiger partial charge < -0.3 is 39.6 Å². The Morgan fingerprint density at radius 1 is 1.04 bits per heavy atom. The minimum atomic E-state index is -1.23. The predicted octanol–water partition coefficient (Wildman–Crippen LogP) is 5.13. The molecule has 2 amide bonds. The lowest BCUT2D eigenvalue weighted by Gasteiger charge is -2.32. The molecule has 1 unspecified atom stereocenters. The van der Waals surface area contributed by atoms with E-state index in [9.17, 15) is 9.59 Å². The van der Waals surface area contributed by atoms with E-state index in [0.29, 0.717) is 51.7 Å². The van der Waals surface area contributed by atoms with Gasteiger partial charge in [-0.2, -0.15) is 0 Å². The quantitative estimate of drug-likeness (QED) is 0.135. The van der Waals surface area contributed by atoms with Crippen LogP contribution in [0.4, 0.5) is 16.3 Å². The third-order valence-electron chi connectivity index (χ3n) is 8.95. The first-order chi connectivity index (χ1) is 23.6. The first kappa shape index (κ1) is 34.3. The van der Waals surface area contributed by atoms with Crippen LogP contribution in [0.1, 0.15) is 28.9 Å². The number of ether oxygens (including phenoxy) is 2. The van der Waals surface area contributed by atoms with E-state index in [4.69, 9.17) is 19.6 Å². The van der Waals surface area contributed by atoms with Gasteiger partial charge in [0.25, 0.3) is 5.91 Å². The summed E-state index contributed by atoms with van der Waals surface area (Å²) in [6, 6.07) is 14.7. The molecule has 2 fully saturated rings. The van der Waals surface area contributed by atoms with Crippen LogP contribution in [0.2, 0.25) is 25.7 Å². The Morgan fingerprint density at radius 2 is 1.84 bits per heavy atom. The summed E-state index contributed by atoms with van der Waals surface area (Å²) in [5, 5.41) is 16.0. The van der Waals surface area contributed by atoms with Crippen LogP contribution < -0.4 is 15.5 Å². The first-order valence-electron chi connectivity index (χ1n) is 17.0. The maximum absolute atomic E-state index is 13.2. The summed E-state index contributed by atoms with van der Waals surface area (Å²) in [7, 11) is -1.23. The van der Waals surface area contributed by atoms with Gasteiger partial charge in [-0.1, -0.05) is 31.8 Å². The predicted molar refractivity (Wildman–Crippen MR) is 192 cm³/mol. The molecule has 3 aromatic heterocycles. The van der Waals surface area contributed by atoms with Crippen molar-refractivity contribution in [3.63, 3.8) is 0 Å². The van der Waals surface area contributed by atoms with Crippen LogP contribution in [0.3, 0.4) is 0 Å². The van der Waals surface area contributed by atoms with Crippen molar-refractivity contribution in [3.8, 4) is 11.3 Å². The summed E-state index contributed by atoms with van der Waals surface area (Å²) in [5.41, 5.74) is 5.09. The lowest BCUT2D eigenvalue weighted by atomic mass is 10.0. The fraction of sp³-hybridized carbons (Fsp3) is 0.457. The fourth-order valence-corrected chi connectivity index (χ4v) is 7.03. The highest BCUT2D eigenvalue weighted by atomic mass is 28.3. The summed E-state index contributed by atoms with van der Waals surface area (Å²) in [6.07, 6.45) is 3.68. The van der Waals surface area contributed by atoms with E-state index in [1.54, 1.807) is 29.6 Å². The van der Waals surface area contributed by atoms with Gasteiger partial charge in [0.2, 0.25) is 0 Å². The normalized spacial score (nSPS) is 16.9. The number of hydrogen-bond donors (Lipinski definition) is 3. The van der Waals surface area contributed by atoms with Gasteiger partial charge >= 0.3 is 6.09 Å². The molecule has 0 radical (unpaired) electrons. The number of piperidine rings is 1. The molecule has 14 heteroatoms. The van der Waals surface area contributed by atoms with E-state index in [-0.39, 0.29) is 11.9 Å². The van der Waals surface area contributed by atoms with Crippen molar-refractivity contribution < 1.29 is 24.2 Å². The molecule has 0 saturated carbocycles. The number of anilines is 2. The molecule has 0 spiro atoms. The number of morpholine rings is 1. The number of pyridine rings is 1. The van der Waals surface area contributed by atoms with E-state index < -0.39 is 14.2 Å². The number of carbonyl (C=O) groups is 2. The Labute approximate surface area is 287 Å². The number of likely N-dealkylation sites (tertiary alicyclic amines) is 1. The van der Waals surface area contributed by atoms with Crippen LogP contribution in [0.15, 0.2) is 55.0 Å². The van der Waals surface area contributed by atoms with Gasteiger partial charge in [-0.05, 0) is 54.8 Å². The molecule has 2 saturated heterocycles. The third kappa shape index (κ3) is 8.74. The smallest absolute Gasteiger partial charge is 0.404 e. The van der Waals surface area contributed by atoms with Gasteiger partial charge in [0.05, 0.1) is 36.5 Å². The topological polar surface area (TPSA) is 147 Å². The average Bonchev–Trinajstić information content (AvgIpc) is 3.47. The minimum Gasteiger partial charge on any atom is -0.465 e. The van der Waals surface area contributed by atoms with Crippen LogP contribution >= 0.6 is 0 Å². The van der Waals surface area contributed by atoms with Crippen molar-refractivity contribution in [2.75, 3.05) is 56.2 Å². The van der Waals surface area contributed by atoms with Crippen LogP contribution in [-0.4, -0.2) is 102 Å². The molecule has 3 N–H and O–H groups in total. The molecule has 0 aliphatic carbocycles. The van der Waals surface area contributed by atoms with E-state index >= 15 is 0 Å². The molecule has 49 heavy (non-hydrogen) atoms. The first-order valence-corrected chi connectivity index (χ1v) is 20.7. The van der Waals surface area contributed by atoms with Crippen molar-refractivity contribution in [1.82, 2.24) is 29.7 Å². The van der Waals surface area contributed by atoms with Crippen molar-refractivity contribution >= 4 is 42.6 Å². The molecule has 1 atom stereocenters. The maximum Gasteiger partial charge on any atom is 0.404 e. The molecule has 2 aliphatic heterocycles. The lowest BCUT2D eigenvalue weighted by Crippen LogP contribution is -2.49. The third-order valence-corrected chi connectivity index (χ3v) is 10.7. The van der Waals surface area contributed by atoms with Gasteiger partial charge in [0.1, 0.15) is 24.5 Å². The summed E-state index contributed by atoms with van der Waals surface area (Å²) in [6.45, 7) is 12.5. The number of rotatable bonds is 12. The van der Waals surface area contributed by atoms with Crippen molar-refractivity contribution in [2.45, 2.75) is 57.8 Å². The van der Waals surface area contributed by atoms with Crippen LogP contribution in [0, 0.1) is 0 Å². The Kier molecular flexibility index (Phi) is 10.8. The van der Waals surface area contributed by atoms with Crippen LogP contribution in [0.5, 0.6) is 0 Å². The Morgan fingerprint density at radius 3 is 2.59 bits per heavy atom. The number of hydrogen-bond acceptors (Lipinski definition) is 9. The number of amides is 2. The summed E-state index contributed by atoms with van der Waals surface area (Å²) >= 11 is 0. The second kappa shape index (κ2) is 15.3. The SMILES string of the molecule is C[Si](C)(C)CCOCn1c(-c2ccc(NCc3cc(C(=O)N4CCCC(NC(=O)O)C4)ccn3)cc2)cc2c(N3CCOCC3)ncnc21. The number of fused-ring (bicyclic) bond motifs is 1. The molecule has 1 aromatic carbocycles. The van der Waals surface area contributed by atoms with Gasteiger partial charge in [0.15, 0.2) is 0 Å². The number of nitrogens with one attached hydrogen (secondary N) is 2. The largest absolute Gasteiger partial charge is 0.465 e. The van der Waals surface area contributed by atoms with E-state index in [2.05, 4.69) is 67.9 Å². The van der Waals surface area contributed by atoms with E-state index in [1.165, 1.54) is 0 Å². The number of carbonyl (C=O) groups excluding carboxylic acids is 1. The Hall–Kier alpha value is -4.53.